The summed E-state index contributed by atoms with van der Waals surface area (Å²) in [5.74, 6) is 0. The molecule has 0 unspecified atom stereocenters. The van der Waals surface area contributed by atoms with Crippen LogP contribution in [0.4, 0.5) is 13.2 Å². The molecule has 0 atom stereocenters. The Morgan fingerprint density at radius 1 is 1.45 bits per heavy atom. The van der Waals surface area contributed by atoms with Crippen LogP contribution in [0.5, 0.6) is 0 Å². The van der Waals surface area contributed by atoms with Gasteiger partial charge in [-0.25, -0.2) is 0 Å². The van der Waals surface area contributed by atoms with Crippen LogP contribution in [-0.4, -0.2) is 4.37 Å². The molecule has 1 rings (SSSR count). The predicted octanol–water partition coefficient (Wildman–Crippen LogP) is 3.23. The molecule has 62 valence electrons. The van der Waals surface area contributed by atoms with Gasteiger partial charge >= 0.3 is 6.18 Å². The number of rotatable bonds is 0. The van der Waals surface area contributed by atoms with Crippen LogP contribution in [0, 0.1) is 6.92 Å². The molecule has 6 heteroatoms. The summed E-state index contributed by atoms with van der Waals surface area (Å²) in [6.45, 7) is 1.52. The number of hydrogen-bond donors (Lipinski definition) is 0. The minimum Gasteiger partial charge on any atom is -0.196 e. The van der Waals surface area contributed by atoms with Crippen LogP contribution in [0.15, 0.2) is 4.47 Å². The number of halogens is 4. The van der Waals surface area contributed by atoms with Crippen LogP contribution < -0.4 is 0 Å². The molecule has 0 radical (unpaired) electrons. The molecule has 1 aromatic heterocycles. The third kappa shape index (κ3) is 1.73. The van der Waals surface area contributed by atoms with Gasteiger partial charge in [0.1, 0.15) is 4.88 Å². The van der Waals surface area contributed by atoms with Crippen LogP contribution in [0.1, 0.15) is 10.6 Å². The molecule has 1 nitrogen and oxygen atoms in total. The summed E-state index contributed by atoms with van der Waals surface area (Å²) in [6, 6.07) is 0. The van der Waals surface area contributed by atoms with Crippen LogP contribution in [-0.2, 0) is 6.18 Å². The summed E-state index contributed by atoms with van der Waals surface area (Å²) in [6.07, 6.45) is -4.29. The Hall–Kier alpha value is -0.100. The molecule has 0 fully saturated rings. The highest BCUT2D eigenvalue weighted by molar-refractivity contribution is 9.10. The Kier molecular flexibility index (Phi) is 2.24. The molecule has 0 N–H and O–H groups in total. The lowest BCUT2D eigenvalue weighted by molar-refractivity contribution is -0.134. The van der Waals surface area contributed by atoms with Gasteiger partial charge in [-0.2, -0.15) is 17.5 Å². The molecule has 0 bridgehead atoms. The van der Waals surface area contributed by atoms with Crippen molar-refractivity contribution in [3.8, 4) is 0 Å². The Bertz CT molecular complexity index is 267. The monoisotopic (exact) mass is 245 g/mol. The van der Waals surface area contributed by atoms with Gasteiger partial charge in [0.15, 0.2) is 0 Å². The molecule has 1 heterocycles. The van der Waals surface area contributed by atoms with E-state index >= 15 is 0 Å². The van der Waals surface area contributed by atoms with Crippen LogP contribution in [0.3, 0.4) is 0 Å². The number of nitrogens with zero attached hydrogens (tertiary/aromatic N) is 1. The zero-order valence-corrected chi connectivity index (χ0v) is 7.77. The zero-order chi connectivity index (χ0) is 8.65. The fraction of sp³-hybridized carbons (Fsp3) is 0.400. The second-order valence-corrected chi connectivity index (χ2v) is 3.48. The molecule has 0 amide bonds. The van der Waals surface area contributed by atoms with Crippen molar-refractivity contribution >= 4 is 27.5 Å². The summed E-state index contributed by atoms with van der Waals surface area (Å²) >= 11 is 3.28. The first-order valence-corrected chi connectivity index (χ1v) is 4.18. The zero-order valence-electron chi connectivity index (χ0n) is 5.37. The molecule has 11 heavy (non-hydrogen) atoms. The van der Waals surface area contributed by atoms with E-state index in [1.807, 2.05) is 0 Å². The Morgan fingerprint density at radius 3 is 2.18 bits per heavy atom. The lowest BCUT2D eigenvalue weighted by Crippen LogP contribution is -2.02. The van der Waals surface area contributed by atoms with Gasteiger partial charge in [-0.1, -0.05) is 0 Å². The first kappa shape index (κ1) is 8.99. The molecule has 1 aromatic rings. The van der Waals surface area contributed by atoms with Gasteiger partial charge in [0.2, 0.25) is 0 Å². The van der Waals surface area contributed by atoms with Gasteiger partial charge in [0.05, 0.1) is 10.2 Å². The van der Waals surface area contributed by atoms with E-state index in [4.69, 9.17) is 0 Å². The smallest absolute Gasteiger partial charge is 0.196 e. The van der Waals surface area contributed by atoms with E-state index in [1.165, 1.54) is 6.92 Å². The maximum absolute atomic E-state index is 12.0. The minimum atomic E-state index is -4.29. The average Bonchev–Trinajstić information content (AvgIpc) is 2.11. The highest BCUT2D eigenvalue weighted by Gasteiger charge is 2.36. The van der Waals surface area contributed by atoms with E-state index in [2.05, 4.69) is 20.3 Å². The molecule has 0 aliphatic rings. The first-order valence-electron chi connectivity index (χ1n) is 2.62. The molecule has 0 saturated heterocycles. The Balaban J connectivity index is 3.15. The first-order chi connectivity index (χ1) is 4.93. The molecule has 0 spiro atoms. The van der Waals surface area contributed by atoms with Gasteiger partial charge in [-0.3, -0.25) is 0 Å². The summed E-state index contributed by atoms with van der Waals surface area (Å²) in [5.41, 5.74) is 0.377. The third-order valence-corrected chi connectivity index (χ3v) is 3.26. The van der Waals surface area contributed by atoms with Crippen molar-refractivity contribution in [2.24, 2.45) is 0 Å². The van der Waals surface area contributed by atoms with Gasteiger partial charge in [-0.05, 0) is 34.4 Å². The van der Waals surface area contributed by atoms with Gasteiger partial charge < -0.3 is 0 Å². The second kappa shape index (κ2) is 2.75. The highest BCUT2D eigenvalue weighted by Crippen LogP contribution is 2.38. The van der Waals surface area contributed by atoms with Crippen molar-refractivity contribution in [1.29, 1.82) is 0 Å². The van der Waals surface area contributed by atoms with Crippen LogP contribution in [0.2, 0.25) is 0 Å². The summed E-state index contributed by atoms with van der Waals surface area (Å²) in [7, 11) is 0. The van der Waals surface area contributed by atoms with E-state index in [-0.39, 0.29) is 4.47 Å². The quantitative estimate of drug-likeness (QED) is 0.684. The second-order valence-electron chi connectivity index (χ2n) is 1.91. The number of aryl methyl sites for hydroxylation is 1. The number of hydrogen-bond acceptors (Lipinski definition) is 2. The largest absolute Gasteiger partial charge is 0.428 e. The maximum atomic E-state index is 12.0. The topological polar surface area (TPSA) is 12.9 Å². The Labute approximate surface area is 73.5 Å². The fourth-order valence-corrected chi connectivity index (χ4v) is 1.83. The van der Waals surface area contributed by atoms with Crippen LogP contribution >= 0.6 is 27.5 Å². The van der Waals surface area contributed by atoms with E-state index in [9.17, 15) is 13.2 Å². The van der Waals surface area contributed by atoms with Crippen molar-refractivity contribution in [2.45, 2.75) is 13.1 Å². The summed E-state index contributed by atoms with van der Waals surface area (Å²) in [4.78, 5) is -0.671. The lowest BCUT2D eigenvalue weighted by Gasteiger charge is -2.01. The average molecular weight is 246 g/mol. The molecular weight excluding hydrogens is 243 g/mol. The van der Waals surface area contributed by atoms with E-state index in [1.54, 1.807) is 0 Å². The van der Waals surface area contributed by atoms with Crippen molar-refractivity contribution < 1.29 is 13.2 Å². The van der Waals surface area contributed by atoms with Crippen LogP contribution in [0.25, 0.3) is 0 Å². The predicted molar refractivity (Wildman–Crippen MR) is 39.6 cm³/mol. The SMILES string of the molecule is Cc1nsc(C(F)(F)F)c1Br. The summed E-state index contributed by atoms with van der Waals surface area (Å²) in [5, 5.41) is 0. The van der Waals surface area contributed by atoms with E-state index in [0.29, 0.717) is 17.2 Å². The van der Waals surface area contributed by atoms with Gasteiger partial charge in [-0.15, -0.1) is 0 Å². The molecule has 0 saturated carbocycles. The highest BCUT2D eigenvalue weighted by atomic mass is 79.9. The van der Waals surface area contributed by atoms with Crippen molar-refractivity contribution in [1.82, 2.24) is 4.37 Å². The van der Waals surface area contributed by atoms with E-state index in [0.717, 1.165) is 0 Å². The van der Waals surface area contributed by atoms with Crippen molar-refractivity contribution in [3.63, 3.8) is 0 Å². The molecule has 0 aliphatic carbocycles. The Morgan fingerprint density at radius 2 is 2.00 bits per heavy atom. The maximum Gasteiger partial charge on any atom is 0.428 e. The standard InChI is InChI=1S/C5H3BrF3NS/c1-2-3(6)4(11-10-2)5(7,8)9/h1H3. The summed E-state index contributed by atoms with van der Waals surface area (Å²) < 4.78 is 39.6. The molecule has 0 aromatic carbocycles. The fourth-order valence-electron chi connectivity index (χ4n) is 0.535. The van der Waals surface area contributed by atoms with Crippen molar-refractivity contribution in [2.75, 3.05) is 0 Å². The number of alkyl halides is 3. The minimum absolute atomic E-state index is 0.0509. The third-order valence-electron chi connectivity index (χ3n) is 1.05. The normalized spacial score (nSPS) is 12.1. The van der Waals surface area contributed by atoms with E-state index < -0.39 is 11.1 Å². The van der Waals surface area contributed by atoms with Gasteiger partial charge in [0, 0.05) is 0 Å². The number of aromatic nitrogens is 1. The lowest BCUT2D eigenvalue weighted by atomic mass is 10.4. The molecule has 0 aliphatic heterocycles. The molecular formula is C5H3BrF3NS. The van der Waals surface area contributed by atoms with Gasteiger partial charge in [0.25, 0.3) is 0 Å². The van der Waals surface area contributed by atoms with Crippen molar-refractivity contribution in [3.05, 3.63) is 15.0 Å².